The zero-order valence-corrected chi connectivity index (χ0v) is 9.80. The van der Waals surface area contributed by atoms with Crippen LogP contribution in [0.4, 0.5) is 0 Å². The van der Waals surface area contributed by atoms with E-state index in [1.807, 2.05) is 6.07 Å². The van der Waals surface area contributed by atoms with Crippen LogP contribution in [0.1, 0.15) is 28.9 Å². The minimum atomic E-state index is -0.181. The number of hydrogen-bond acceptors (Lipinski definition) is 4. The van der Waals surface area contributed by atoms with E-state index in [1.165, 1.54) is 17.2 Å². The van der Waals surface area contributed by atoms with Gasteiger partial charge in [-0.05, 0) is 18.9 Å². The maximum atomic E-state index is 11.9. The van der Waals surface area contributed by atoms with Crippen molar-refractivity contribution in [2.24, 2.45) is 0 Å². The Hall–Kier alpha value is -2.09. The molecular weight excluding hydrogens is 218 g/mol. The topological polar surface area (TPSA) is 66.2 Å². The summed E-state index contributed by atoms with van der Waals surface area (Å²) in [6.45, 7) is 0. The average Bonchev–Trinajstić information content (AvgIpc) is 3.12. The molecule has 0 radical (unpaired) electrons. The van der Waals surface area contributed by atoms with Crippen LogP contribution in [-0.4, -0.2) is 36.0 Å². The zero-order valence-electron chi connectivity index (χ0n) is 9.80. The van der Waals surface area contributed by atoms with Crippen molar-refractivity contribution in [1.82, 2.24) is 9.88 Å². The van der Waals surface area contributed by atoms with Crippen molar-refractivity contribution >= 4 is 5.91 Å². The summed E-state index contributed by atoms with van der Waals surface area (Å²) in [6.07, 6.45) is 3.66. The number of aromatic nitrogens is 1. The Labute approximate surface area is 99.6 Å². The third kappa shape index (κ3) is 2.53. The molecule has 0 N–H and O–H groups in total. The van der Waals surface area contributed by atoms with Gasteiger partial charge in [0, 0.05) is 14.1 Å². The third-order valence-corrected chi connectivity index (χ3v) is 2.44. The van der Waals surface area contributed by atoms with Gasteiger partial charge in [0.1, 0.15) is 11.8 Å². The molecule has 0 saturated heterocycles. The molecule has 0 atom stereocenters. The smallest absolute Gasteiger partial charge is 0.257 e. The molecule has 1 aromatic rings. The van der Waals surface area contributed by atoms with Crippen molar-refractivity contribution in [3.8, 4) is 11.8 Å². The lowest BCUT2D eigenvalue weighted by Gasteiger charge is -2.14. The number of amides is 1. The van der Waals surface area contributed by atoms with Crippen LogP contribution < -0.4 is 4.74 Å². The van der Waals surface area contributed by atoms with Crippen molar-refractivity contribution in [3.05, 3.63) is 23.5 Å². The van der Waals surface area contributed by atoms with Crippen LogP contribution in [0.25, 0.3) is 0 Å². The number of rotatable bonds is 3. The Kier molecular flexibility index (Phi) is 2.96. The lowest BCUT2D eigenvalue weighted by molar-refractivity contribution is 0.0822. The zero-order chi connectivity index (χ0) is 12.4. The van der Waals surface area contributed by atoms with Gasteiger partial charge in [0.25, 0.3) is 5.91 Å². The molecule has 1 amide bonds. The molecule has 0 aliphatic heterocycles. The highest BCUT2D eigenvalue weighted by Crippen LogP contribution is 2.29. The molecule has 1 saturated carbocycles. The van der Waals surface area contributed by atoms with Gasteiger partial charge < -0.3 is 9.64 Å². The number of nitriles is 1. The molecule has 0 unspecified atom stereocenters. The lowest BCUT2D eigenvalue weighted by atomic mass is 10.2. The van der Waals surface area contributed by atoms with Crippen LogP contribution >= 0.6 is 0 Å². The second kappa shape index (κ2) is 4.42. The summed E-state index contributed by atoms with van der Waals surface area (Å²) in [5.74, 6) is 0.282. The summed E-state index contributed by atoms with van der Waals surface area (Å²) in [6, 6.07) is 3.39. The van der Waals surface area contributed by atoms with E-state index in [-0.39, 0.29) is 17.7 Å². The van der Waals surface area contributed by atoms with Gasteiger partial charge in [0.15, 0.2) is 5.75 Å². The lowest BCUT2D eigenvalue weighted by Crippen LogP contribution is -2.23. The molecule has 0 aromatic carbocycles. The normalized spacial score (nSPS) is 13.9. The van der Waals surface area contributed by atoms with Crippen molar-refractivity contribution in [3.63, 3.8) is 0 Å². The van der Waals surface area contributed by atoms with Gasteiger partial charge >= 0.3 is 0 Å². The fourth-order valence-corrected chi connectivity index (χ4v) is 1.37. The molecular formula is C12H13N3O2. The van der Waals surface area contributed by atoms with E-state index in [9.17, 15) is 4.79 Å². The predicted molar refractivity (Wildman–Crippen MR) is 60.6 cm³/mol. The van der Waals surface area contributed by atoms with Gasteiger partial charge in [-0.15, -0.1) is 0 Å². The van der Waals surface area contributed by atoms with Gasteiger partial charge in [-0.2, -0.15) is 5.26 Å². The molecule has 88 valence electrons. The van der Waals surface area contributed by atoms with Crippen molar-refractivity contribution in [2.45, 2.75) is 18.9 Å². The van der Waals surface area contributed by atoms with Crippen LogP contribution in [-0.2, 0) is 0 Å². The Balaban J connectivity index is 2.36. The second-order valence-corrected chi connectivity index (χ2v) is 4.19. The van der Waals surface area contributed by atoms with Crippen LogP contribution in [0.15, 0.2) is 12.3 Å². The summed E-state index contributed by atoms with van der Waals surface area (Å²) < 4.78 is 5.61. The minimum absolute atomic E-state index is 0.181. The number of pyridine rings is 1. The maximum absolute atomic E-state index is 11.9. The summed E-state index contributed by atoms with van der Waals surface area (Å²) >= 11 is 0. The van der Waals surface area contributed by atoms with Crippen molar-refractivity contribution < 1.29 is 9.53 Å². The average molecular weight is 231 g/mol. The molecule has 5 nitrogen and oxygen atoms in total. The molecule has 1 fully saturated rings. The van der Waals surface area contributed by atoms with Crippen LogP contribution in [0.2, 0.25) is 0 Å². The van der Waals surface area contributed by atoms with E-state index in [4.69, 9.17) is 10.00 Å². The number of carbonyl (C=O) groups is 1. The van der Waals surface area contributed by atoms with Gasteiger partial charge in [-0.1, -0.05) is 0 Å². The summed E-state index contributed by atoms with van der Waals surface area (Å²) in [5.41, 5.74) is 0.617. The fourth-order valence-electron chi connectivity index (χ4n) is 1.37. The molecule has 1 heterocycles. The number of carbonyl (C=O) groups excluding carboxylic acids is 1. The number of nitrogens with zero attached hydrogens (tertiary/aromatic N) is 3. The molecule has 1 aliphatic rings. The maximum Gasteiger partial charge on any atom is 0.257 e. The molecule has 1 aliphatic carbocycles. The van der Waals surface area contributed by atoms with E-state index < -0.39 is 0 Å². The van der Waals surface area contributed by atoms with Gasteiger partial charge in [-0.25, -0.2) is 4.98 Å². The molecule has 5 heteroatoms. The first-order valence-corrected chi connectivity index (χ1v) is 5.40. The van der Waals surface area contributed by atoms with E-state index >= 15 is 0 Å². The fraction of sp³-hybridized carbons (Fsp3) is 0.417. The Bertz CT molecular complexity index is 487. The summed E-state index contributed by atoms with van der Waals surface area (Å²) in [4.78, 5) is 17.3. The standard InChI is InChI=1S/C12H13N3O2/c1-15(2)12(16)10-5-8(6-13)14-7-11(10)17-9-3-4-9/h5,7,9H,3-4H2,1-2H3. The summed E-state index contributed by atoms with van der Waals surface area (Å²) in [5, 5.41) is 8.79. The summed E-state index contributed by atoms with van der Waals surface area (Å²) in [7, 11) is 3.32. The van der Waals surface area contributed by atoms with Gasteiger partial charge in [0.2, 0.25) is 0 Å². The quantitative estimate of drug-likeness (QED) is 0.783. The Morgan fingerprint density at radius 1 is 1.59 bits per heavy atom. The van der Waals surface area contributed by atoms with Crippen LogP contribution in [0.5, 0.6) is 5.75 Å². The number of ether oxygens (including phenoxy) is 1. The predicted octanol–water partition coefficient (Wildman–Crippen LogP) is 1.20. The monoisotopic (exact) mass is 231 g/mol. The van der Waals surface area contributed by atoms with E-state index in [1.54, 1.807) is 14.1 Å². The van der Waals surface area contributed by atoms with Crippen LogP contribution in [0, 0.1) is 11.3 Å². The van der Waals surface area contributed by atoms with E-state index in [0.29, 0.717) is 11.3 Å². The van der Waals surface area contributed by atoms with Crippen molar-refractivity contribution in [1.29, 1.82) is 5.26 Å². The minimum Gasteiger partial charge on any atom is -0.488 e. The van der Waals surface area contributed by atoms with Crippen molar-refractivity contribution in [2.75, 3.05) is 14.1 Å². The SMILES string of the molecule is CN(C)C(=O)c1cc(C#N)ncc1OC1CC1. The molecule has 2 rings (SSSR count). The first-order chi connectivity index (χ1) is 8.11. The Morgan fingerprint density at radius 3 is 2.82 bits per heavy atom. The highest BCUT2D eigenvalue weighted by atomic mass is 16.5. The third-order valence-electron chi connectivity index (χ3n) is 2.44. The van der Waals surface area contributed by atoms with E-state index in [2.05, 4.69) is 4.98 Å². The van der Waals surface area contributed by atoms with E-state index in [0.717, 1.165) is 12.8 Å². The highest BCUT2D eigenvalue weighted by molar-refractivity contribution is 5.96. The first kappa shape index (κ1) is 11.4. The number of hydrogen-bond donors (Lipinski definition) is 0. The second-order valence-electron chi connectivity index (χ2n) is 4.19. The largest absolute Gasteiger partial charge is 0.488 e. The molecule has 17 heavy (non-hydrogen) atoms. The van der Waals surface area contributed by atoms with Gasteiger partial charge in [-0.3, -0.25) is 4.79 Å². The first-order valence-electron chi connectivity index (χ1n) is 5.40. The highest BCUT2D eigenvalue weighted by Gasteiger charge is 2.26. The van der Waals surface area contributed by atoms with Crippen LogP contribution in [0.3, 0.4) is 0 Å². The van der Waals surface area contributed by atoms with Gasteiger partial charge in [0.05, 0.1) is 17.9 Å². The molecule has 0 spiro atoms. The Morgan fingerprint density at radius 2 is 2.29 bits per heavy atom. The molecule has 0 bridgehead atoms. The molecule has 1 aromatic heterocycles.